The molecule has 0 heterocycles. The highest BCUT2D eigenvalue weighted by molar-refractivity contribution is 4.83. The van der Waals surface area contributed by atoms with Crippen LogP contribution in [0.2, 0.25) is 0 Å². The molecular formula is C13H20. The van der Waals surface area contributed by atoms with Crippen molar-refractivity contribution in [1.29, 1.82) is 0 Å². The van der Waals surface area contributed by atoms with E-state index in [4.69, 9.17) is 12.8 Å². The average Bonchev–Trinajstić information content (AvgIpc) is 2.16. The summed E-state index contributed by atoms with van der Waals surface area (Å²) in [5.74, 6) is 5.33. The highest BCUT2D eigenvalue weighted by Crippen LogP contribution is 2.08. The van der Waals surface area contributed by atoms with Crippen LogP contribution in [-0.2, 0) is 0 Å². The maximum Gasteiger partial charge on any atom is 0.00860 e. The van der Waals surface area contributed by atoms with Crippen LogP contribution in [0.1, 0.15) is 57.8 Å². The molecule has 0 radical (unpaired) electrons. The Bertz CT molecular complexity index is 145. The lowest BCUT2D eigenvalue weighted by Crippen LogP contribution is -1.80. The third-order valence-corrected chi connectivity index (χ3v) is 2.14. The van der Waals surface area contributed by atoms with Gasteiger partial charge in [0.2, 0.25) is 0 Å². The van der Waals surface area contributed by atoms with Crippen LogP contribution in [0, 0.1) is 24.7 Å². The van der Waals surface area contributed by atoms with E-state index in [9.17, 15) is 0 Å². The predicted molar refractivity (Wildman–Crippen MR) is 59.2 cm³/mol. The van der Waals surface area contributed by atoms with Crippen molar-refractivity contribution in [2.45, 2.75) is 57.8 Å². The molecule has 0 aromatic carbocycles. The first kappa shape index (κ1) is 12.1. The Morgan fingerprint density at radius 2 is 0.846 bits per heavy atom. The van der Waals surface area contributed by atoms with Gasteiger partial charge in [0.1, 0.15) is 0 Å². The third-order valence-electron chi connectivity index (χ3n) is 2.14. The van der Waals surface area contributed by atoms with E-state index in [2.05, 4.69) is 11.8 Å². The van der Waals surface area contributed by atoms with Crippen molar-refractivity contribution in [2.24, 2.45) is 0 Å². The SMILES string of the molecule is C#CCCCCCCCCCC#C. The first-order valence-electron chi connectivity index (χ1n) is 5.28. The van der Waals surface area contributed by atoms with E-state index in [1.54, 1.807) is 0 Å². The van der Waals surface area contributed by atoms with Crippen LogP contribution >= 0.6 is 0 Å². The molecule has 0 rings (SSSR count). The number of hydrogen-bond acceptors (Lipinski definition) is 0. The summed E-state index contributed by atoms with van der Waals surface area (Å²) in [4.78, 5) is 0. The molecular weight excluding hydrogens is 156 g/mol. The van der Waals surface area contributed by atoms with Crippen molar-refractivity contribution in [2.75, 3.05) is 0 Å². The van der Waals surface area contributed by atoms with E-state index in [1.165, 1.54) is 44.9 Å². The van der Waals surface area contributed by atoms with Gasteiger partial charge >= 0.3 is 0 Å². The van der Waals surface area contributed by atoms with Crippen molar-refractivity contribution in [3.8, 4) is 24.7 Å². The molecule has 0 saturated carbocycles. The molecule has 0 N–H and O–H groups in total. The Labute approximate surface area is 83.1 Å². The van der Waals surface area contributed by atoms with Gasteiger partial charge in [0.25, 0.3) is 0 Å². The molecule has 0 saturated heterocycles. The van der Waals surface area contributed by atoms with Gasteiger partial charge in [-0.05, 0) is 12.8 Å². The predicted octanol–water partition coefficient (Wildman–Crippen LogP) is 3.76. The van der Waals surface area contributed by atoms with Crippen LogP contribution in [0.5, 0.6) is 0 Å². The molecule has 0 bridgehead atoms. The van der Waals surface area contributed by atoms with Crippen molar-refractivity contribution in [1.82, 2.24) is 0 Å². The van der Waals surface area contributed by atoms with Crippen LogP contribution in [0.4, 0.5) is 0 Å². The first-order chi connectivity index (χ1) is 6.41. The van der Waals surface area contributed by atoms with Gasteiger partial charge in [0.05, 0.1) is 0 Å². The summed E-state index contributed by atoms with van der Waals surface area (Å²) >= 11 is 0. The smallest absolute Gasteiger partial charge is 0.00860 e. The molecule has 0 nitrogen and oxygen atoms in total. The van der Waals surface area contributed by atoms with Crippen LogP contribution in [0.15, 0.2) is 0 Å². The quantitative estimate of drug-likeness (QED) is 0.390. The zero-order valence-corrected chi connectivity index (χ0v) is 8.52. The molecule has 0 atom stereocenters. The minimum Gasteiger partial charge on any atom is -0.120 e. The van der Waals surface area contributed by atoms with Crippen LogP contribution in [0.25, 0.3) is 0 Å². The van der Waals surface area contributed by atoms with E-state index in [0.717, 1.165) is 12.8 Å². The molecule has 0 aliphatic carbocycles. The second-order valence-electron chi connectivity index (χ2n) is 3.38. The minimum atomic E-state index is 0.942. The fraction of sp³-hybridized carbons (Fsp3) is 0.692. The van der Waals surface area contributed by atoms with Crippen LogP contribution in [0.3, 0.4) is 0 Å². The largest absolute Gasteiger partial charge is 0.120 e. The van der Waals surface area contributed by atoms with Crippen LogP contribution in [-0.4, -0.2) is 0 Å². The number of hydrogen-bond donors (Lipinski definition) is 0. The zero-order valence-electron chi connectivity index (χ0n) is 8.52. The molecule has 72 valence electrons. The minimum absolute atomic E-state index is 0.942. The lowest BCUT2D eigenvalue weighted by atomic mass is 10.1. The number of unbranched alkanes of at least 4 members (excludes halogenated alkanes) is 8. The second kappa shape index (κ2) is 11.1. The van der Waals surface area contributed by atoms with Crippen molar-refractivity contribution in [3.63, 3.8) is 0 Å². The van der Waals surface area contributed by atoms with Gasteiger partial charge in [-0.25, -0.2) is 0 Å². The van der Waals surface area contributed by atoms with Gasteiger partial charge in [0, 0.05) is 12.8 Å². The van der Waals surface area contributed by atoms with Gasteiger partial charge in [0.15, 0.2) is 0 Å². The Morgan fingerprint density at radius 3 is 1.15 bits per heavy atom. The van der Waals surface area contributed by atoms with Gasteiger partial charge in [-0.1, -0.05) is 32.1 Å². The summed E-state index contributed by atoms with van der Waals surface area (Å²) in [7, 11) is 0. The number of rotatable bonds is 8. The Hall–Kier alpha value is -0.880. The molecule has 0 aliphatic rings. The number of terminal acetylenes is 2. The van der Waals surface area contributed by atoms with Gasteiger partial charge in [-0.15, -0.1) is 24.7 Å². The first-order valence-corrected chi connectivity index (χ1v) is 5.28. The molecule has 0 heteroatoms. The Morgan fingerprint density at radius 1 is 0.538 bits per heavy atom. The lowest BCUT2D eigenvalue weighted by Gasteiger charge is -1.98. The summed E-state index contributed by atoms with van der Waals surface area (Å²) in [5.41, 5.74) is 0. The summed E-state index contributed by atoms with van der Waals surface area (Å²) in [6.45, 7) is 0. The summed E-state index contributed by atoms with van der Waals surface area (Å²) < 4.78 is 0. The maximum atomic E-state index is 5.16. The van der Waals surface area contributed by atoms with Gasteiger partial charge < -0.3 is 0 Å². The van der Waals surface area contributed by atoms with E-state index < -0.39 is 0 Å². The Kier molecular flexibility index (Phi) is 10.4. The van der Waals surface area contributed by atoms with Crippen molar-refractivity contribution >= 4 is 0 Å². The zero-order chi connectivity index (χ0) is 9.78. The third kappa shape index (κ3) is 11.1. The molecule has 0 aromatic heterocycles. The molecule has 13 heavy (non-hydrogen) atoms. The standard InChI is InChI=1S/C13H20/c1-3-5-7-9-11-13-12-10-8-6-4-2/h1-2H,5-13H2. The van der Waals surface area contributed by atoms with E-state index in [1.807, 2.05) is 0 Å². The van der Waals surface area contributed by atoms with Crippen molar-refractivity contribution < 1.29 is 0 Å². The molecule has 0 unspecified atom stereocenters. The fourth-order valence-electron chi connectivity index (χ4n) is 1.34. The highest BCUT2D eigenvalue weighted by Gasteiger charge is 1.90. The summed E-state index contributed by atoms with van der Waals surface area (Å²) in [5, 5.41) is 0. The van der Waals surface area contributed by atoms with Gasteiger partial charge in [-0.3, -0.25) is 0 Å². The molecule has 0 fully saturated rings. The second-order valence-corrected chi connectivity index (χ2v) is 3.38. The average molecular weight is 176 g/mol. The molecule has 0 aliphatic heterocycles. The van der Waals surface area contributed by atoms with E-state index in [0.29, 0.717) is 0 Å². The van der Waals surface area contributed by atoms with E-state index >= 15 is 0 Å². The summed E-state index contributed by atoms with van der Waals surface area (Å²) in [6, 6.07) is 0. The maximum absolute atomic E-state index is 5.16. The molecule has 0 amide bonds. The Balaban J connectivity index is 2.85. The summed E-state index contributed by atoms with van der Waals surface area (Å²) in [6.07, 6.45) is 21.2. The van der Waals surface area contributed by atoms with E-state index in [-0.39, 0.29) is 0 Å². The fourth-order valence-corrected chi connectivity index (χ4v) is 1.34. The monoisotopic (exact) mass is 176 g/mol. The van der Waals surface area contributed by atoms with Crippen molar-refractivity contribution in [3.05, 3.63) is 0 Å². The highest BCUT2D eigenvalue weighted by atomic mass is 14.0. The topological polar surface area (TPSA) is 0 Å². The normalized spacial score (nSPS) is 9.08. The molecule has 0 spiro atoms. The van der Waals surface area contributed by atoms with Gasteiger partial charge in [-0.2, -0.15) is 0 Å². The van der Waals surface area contributed by atoms with Crippen LogP contribution < -0.4 is 0 Å². The molecule has 0 aromatic rings. The lowest BCUT2D eigenvalue weighted by molar-refractivity contribution is 0.587.